The minimum absolute atomic E-state index is 0.0516. The Balaban J connectivity index is 1.37. The fraction of sp³-hybridized carbons (Fsp3) is 0.0870. The molecule has 33 heavy (non-hydrogen) atoms. The lowest BCUT2D eigenvalue weighted by Gasteiger charge is -2.09. The van der Waals surface area contributed by atoms with Crippen molar-refractivity contribution in [3.8, 4) is 5.75 Å². The molecule has 1 heterocycles. The molecular weight excluding hydrogens is 460 g/mol. The van der Waals surface area contributed by atoms with Crippen molar-refractivity contribution in [3.05, 3.63) is 83.9 Å². The van der Waals surface area contributed by atoms with E-state index in [1.807, 2.05) is 31.2 Å². The zero-order chi connectivity index (χ0) is 23.3. The molecule has 0 aliphatic heterocycles. The lowest BCUT2D eigenvalue weighted by atomic mass is 10.2. The third-order valence-corrected chi connectivity index (χ3v) is 6.65. The van der Waals surface area contributed by atoms with Crippen LogP contribution in [0.25, 0.3) is 11.0 Å². The lowest BCUT2D eigenvalue weighted by Crippen LogP contribution is -2.19. The van der Waals surface area contributed by atoms with Crippen LogP contribution in [0.4, 0.5) is 0 Å². The number of imidazole rings is 1. The second-order valence-corrected chi connectivity index (χ2v) is 9.54. The van der Waals surface area contributed by atoms with E-state index in [0.29, 0.717) is 10.7 Å². The number of para-hydroxylation sites is 3. The first-order valence-corrected chi connectivity index (χ1v) is 12.3. The van der Waals surface area contributed by atoms with Crippen LogP contribution < -0.4 is 9.61 Å². The molecule has 0 radical (unpaired) electrons. The van der Waals surface area contributed by atoms with E-state index in [2.05, 4.69) is 20.5 Å². The summed E-state index contributed by atoms with van der Waals surface area (Å²) < 4.78 is 30.5. The topological polar surface area (TPSA) is 114 Å². The molecule has 1 aromatic heterocycles. The highest BCUT2D eigenvalue weighted by Crippen LogP contribution is 2.22. The molecular formula is C23H20N4O4S2. The van der Waals surface area contributed by atoms with E-state index in [4.69, 9.17) is 4.18 Å². The molecule has 0 unspecified atom stereocenters. The molecule has 10 heteroatoms. The number of hydrazone groups is 1. The largest absolute Gasteiger partial charge is 0.378 e. The second-order valence-electron chi connectivity index (χ2n) is 7.03. The third-order valence-electron chi connectivity index (χ3n) is 4.53. The number of fused-ring (bicyclic) bond motifs is 1. The Hall–Kier alpha value is -3.63. The van der Waals surface area contributed by atoms with Crippen LogP contribution in [0.15, 0.2) is 87.9 Å². The average Bonchev–Trinajstić information content (AvgIpc) is 3.22. The number of H-pyrrole nitrogens is 1. The summed E-state index contributed by atoms with van der Waals surface area (Å²) in [6.45, 7) is 1.87. The number of carbonyl (C=O) groups is 1. The van der Waals surface area contributed by atoms with E-state index in [1.165, 1.54) is 36.2 Å². The van der Waals surface area contributed by atoms with Gasteiger partial charge in [0.2, 0.25) is 0 Å². The lowest BCUT2D eigenvalue weighted by molar-refractivity contribution is -0.118. The van der Waals surface area contributed by atoms with E-state index in [0.717, 1.165) is 16.6 Å². The van der Waals surface area contributed by atoms with Gasteiger partial charge in [-0.3, -0.25) is 4.79 Å². The summed E-state index contributed by atoms with van der Waals surface area (Å²) in [5, 5.41) is 4.56. The van der Waals surface area contributed by atoms with E-state index in [-0.39, 0.29) is 22.3 Å². The number of rotatable bonds is 8. The molecule has 0 aliphatic rings. The maximum absolute atomic E-state index is 12.6. The van der Waals surface area contributed by atoms with Crippen molar-refractivity contribution in [3.63, 3.8) is 0 Å². The van der Waals surface area contributed by atoms with E-state index in [1.54, 1.807) is 30.3 Å². The van der Waals surface area contributed by atoms with Gasteiger partial charge in [0.1, 0.15) is 4.90 Å². The van der Waals surface area contributed by atoms with E-state index < -0.39 is 10.1 Å². The van der Waals surface area contributed by atoms with Gasteiger partial charge in [0, 0.05) is 5.56 Å². The number of aromatic nitrogens is 2. The molecule has 3 aromatic carbocycles. The van der Waals surface area contributed by atoms with Gasteiger partial charge in [-0.2, -0.15) is 13.5 Å². The smallest absolute Gasteiger partial charge is 0.339 e. The maximum Gasteiger partial charge on any atom is 0.339 e. The summed E-state index contributed by atoms with van der Waals surface area (Å²) in [5.74, 6) is -0.119. The molecule has 168 valence electrons. The van der Waals surface area contributed by atoms with Gasteiger partial charge in [-0.25, -0.2) is 10.4 Å². The van der Waals surface area contributed by atoms with Crippen LogP contribution in [-0.2, 0) is 14.9 Å². The first-order valence-electron chi connectivity index (χ1n) is 9.90. The zero-order valence-electron chi connectivity index (χ0n) is 17.6. The number of nitrogens with one attached hydrogen (secondary N) is 2. The molecule has 0 bridgehead atoms. The Kier molecular flexibility index (Phi) is 6.76. The average molecular weight is 481 g/mol. The molecule has 8 nitrogen and oxygen atoms in total. The highest BCUT2D eigenvalue weighted by molar-refractivity contribution is 7.99. The van der Waals surface area contributed by atoms with Gasteiger partial charge in [-0.05, 0) is 43.3 Å². The molecule has 1 amide bonds. The van der Waals surface area contributed by atoms with Gasteiger partial charge in [0.25, 0.3) is 5.91 Å². The molecule has 0 saturated carbocycles. The zero-order valence-corrected chi connectivity index (χ0v) is 19.2. The summed E-state index contributed by atoms with van der Waals surface area (Å²) in [6, 6.07) is 20.5. The van der Waals surface area contributed by atoms with Crippen LogP contribution >= 0.6 is 11.8 Å². The SMILES string of the molecule is Cc1ccc(S(=O)(=O)Oc2ccccc2/C=N\NC(=O)CSc2nc3ccccc3[nH]2)cc1. The Morgan fingerprint density at radius 3 is 2.61 bits per heavy atom. The van der Waals surface area contributed by atoms with Crippen molar-refractivity contribution < 1.29 is 17.4 Å². The molecule has 0 fully saturated rings. The number of amides is 1. The minimum Gasteiger partial charge on any atom is -0.378 e. The summed E-state index contributed by atoms with van der Waals surface area (Å²) in [7, 11) is -4.01. The van der Waals surface area contributed by atoms with E-state index >= 15 is 0 Å². The van der Waals surface area contributed by atoms with Crippen molar-refractivity contribution in [2.45, 2.75) is 17.0 Å². The number of aromatic amines is 1. The van der Waals surface area contributed by atoms with Crippen LogP contribution in [0.1, 0.15) is 11.1 Å². The van der Waals surface area contributed by atoms with Crippen LogP contribution in [0.3, 0.4) is 0 Å². The highest BCUT2D eigenvalue weighted by Gasteiger charge is 2.18. The van der Waals surface area contributed by atoms with Crippen molar-refractivity contribution in [1.82, 2.24) is 15.4 Å². The summed E-state index contributed by atoms with van der Waals surface area (Å²) >= 11 is 1.25. The number of aryl methyl sites for hydroxylation is 1. The van der Waals surface area contributed by atoms with Crippen molar-refractivity contribution >= 4 is 45.0 Å². The number of hydrogen-bond donors (Lipinski definition) is 2. The summed E-state index contributed by atoms with van der Waals surface area (Å²) in [5.41, 5.74) is 5.50. The monoisotopic (exact) mass is 480 g/mol. The van der Waals surface area contributed by atoms with Gasteiger partial charge in [0.15, 0.2) is 10.9 Å². The predicted octanol–water partition coefficient (Wildman–Crippen LogP) is 3.88. The predicted molar refractivity (Wildman–Crippen MR) is 128 cm³/mol. The number of thioether (sulfide) groups is 1. The normalized spacial score (nSPS) is 11.7. The van der Waals surface area contributed by atoms with Crippen LogP contribution in [0.2, 0.25) is 0 Å². The van der Waals surface area contributed by atoms with Gasteiger partial charge in [-0.1, -0.05) is 53.7 Å². The Morgan fingerprint density at radius 2 is 1.82 bits per heavy atom. The molecule has 0 atom stereocenters. The molecule has 0 spiro atoms. The molecule has 0 saturated heterocycles. The number of carbonyl (C=O) groups excluding carboxylic acids is 1. The fourth-order valence-electron chi connectivity index (χ4n) is 2.87. The first-order chi connectivity index (χ1) is 15.9. The molecule has 4 aromatic rings. The van der Waals surface area contributed by atoms with Gasteiger partial charge >= 0.3 is 10.1 Å². The third kappa shape index (κ3) is 5.79. The fourth-order valence-corrected chi connectivity index (χ4v) is 4.50. The van der Waals surface area contributed by atoms with Crippen LogP contribution in [-0.4, -0.2) is 36.3 Å². The molecule has 0 aliphatic carbocycles. The second kappa shape index (κ2) is 9.88. The van der Waals surface area contributed by atoms with Gasteiger partial charge < -0.3 is 9.17 Å². The molecule has 2 N–H and O–H groups in total. The standard InChI is InChI=1S/C23H20N4O4S2/c1-16-10-12-18(13-11-16)33(29,30)31-21-9-5-2-6-17(21)14-24-27-22(28)15-32-23-25-19-7-3-4-8-20(19)26-23/h2-14H,15H2,1H3,(H,25,26)(H,27,28)/b24-14-. The van der Waals surface area contributed by atoms with Crippen molar-refractivity contribution in [2.24, 2.45) is 5.10 Å². The van der Waals surface area contributed by atoms with Crippen LogP contribution in [0, 0.1) is 6.92 Å². The summed E-state index contributed by atoms with van der Waals surface area (Å²) in [4.78, 5) is 19.7. The highest BCUT2D eigenvalue weighted by atomic mass is 32.2. The molecule has 4 rings (SSSR count). The maximum atomic E-state index is 12.6. The Labute approximate surface area is 195 Å². The van der Waals surface area contributed by atoms with Crippen molar-refractivity contribution in [1.29, 1.82) is 0 Å². The van der Waals surface area contributed by atoms with E-state index in [9.17, 15) is 13.2 Å². The minimum atomic E-state index is -4.01. The first kappa shape index (κ1) is 22.6. The van der Waals surface area contributed by atoms with Gasteiger partial charge in [0.05, 0.1) is 23.0 Å². The number of nitrogens with zero attached hydrogens (tertiary/aromatic N) is 2. The quantitative estimate of drug-likeness (QED) is 0.171. The summed E-state index contributed by atoms with van der Waals surface area (Å²) in [6.07, 6.45) is 1.34. The van der Waals surface area contributed by atoms with Gasteiger partial charge in [-0.15, -0.1) is 0 Å². The number of benzene rings is 3. The Bertz CT molecular complexity index is 1380. The van der Waals surface area contributed by atoms with Crippen molar-refractivity contribution in [2.75, 3.05) is 5.75 Å². The number of hydrogen-bond acceptors (Lipinski definition) is 7. The Morgan fingerprint density at radius 1 is 1.09 bits per heavy atom. The van der Waals surface area contributed by atoms with Crippen LogP contribution in [0.5, 0.6) is 5.75 Å².